The summed E-state index contributed by atoms with van der Waals surface area (Å²) in [6.07, 6.45) is 5.54. The minimum Gasteiger partial charge on any atom is -0.347 e. The van der Waals surface area contributed by atoms with Crippen molar-refractivity contribution in [1.29, 1.82) is 0 Å². The molecule has 0 saturated heterocycles. The van der Waals surface area contributed by atoms with Crippen LogP contribution in [0.15, 0.2) is 48.7 Å². The van der Waals surface area contributed by atoms with Crippen molar-refractivity contribution in [2.45, 2.75) is 25.8 Å². The fourth-order valence-corrected chi connectivity index (χ4v) is 2.20. The van der Waals surface area contributed by atoms with Crippen LogP contribution in [0.2, 0.25) is 0 Å². The van der Waals surface area contributed by atoms with Gasteiger partial charge < -0.3 is 4.57 Å². The summed E-state index contributed by atoms with van der Waals surface area (Å²) in [5.41, 5.74) is 2.75. The fraction of sp³-hybridized carbons (Fsp3) is 0.333. The monoisotopic (exact) mass is 247 g/mol. The number of halogens is 1. The van der Waals surface area contributed by atoms with Crippen molar-refractivity contribution in [3.63, 3.8) is 0 Å². The standard InChI is InChI=1S/C15H18ClN/c16-11-5-4-9-15-10-6-12-17(15)13-14-7-2-1-3-8-14/h1-3,6-8,10,12H,4-5,9,11,13H2. The topological polar surface area (TPSA) is 4.93 Å². The summed E-state index contributed by atoms with van der Waals surface area (Å²) >= 11 is 5.70. The van der Waals surface area contributed by atoms with Gasteiger partial charge in [-0.05, 0) is 37.0 Å². The van der Waals surface area contributed by atoms with Crippen molar-refractivity contribution in [3.8, 4) is 0 Å². The van der Waals surface area contributed by atoms with Gasteiger partial charge in [0.15, 0.2) is 0 Å². The van der Waals surface area contributed by atoms with Crippen LogP contribution < -0.4 is 0 Å². The zero-order valence-electron chi connectivity index (χ0n) is 9.98. The number of hydrogen-bond donors (Lipinski definition) is 0. The quantitative estimate of drug-likeness (QED) is 0.535. The van der Waals surface area contributed by atoms with Crippen LogP contribution >= 0.6 is 11.6 Å². The Hall–Kier alpha value is -1.21. The van der Waals surface area contributed by atoms with E-state index < -0.39 is 0 Å². The highest BCUT2D eigenvalue weighted by Gasteiger charge is 2.01. The number of alkyl halides is 1. The average Bonchev–Trinajstić information content (AvgIpc) is 2.79. The van der Waals surface area contributed by atoms with Crippen LogP contribution in [-0.4, -0.2) is 10.4 Å². The smallest absolute Gasteiger partial charge is 0.0472 e. The summed E-state index contributed by atoms with van der Waals surface area (Å²) in [4.78, 5) is 0. The average molecular weight is 248 g/mol. The predicted molar refractivity (Wildman–Crippen MR) is 73.6 cm³/mol. The van der Waals surface area contributed by atoms with Gasteiger partial charge >= 0.3 is 0 Å². The van der Waals surface area contributed by atoms with Gasteiger partial charge in [-0.2, -0.15) is 0 Å². The largest absolute Gasteiger partial charge is 0.347 e. The van der Waals surface area contributed by atoms with Crippen LogP contribution in [-0.2, 0) is 13.0 Å². The first kappa shape index (κ1) is 12.3. The molecule has 0 radical (unpaired) electrons. The molecule has 0 spiro atoms. The number of unbranched alkanes of at least 4 members (excludes halogenated alkanes) is 1. The Morgan fingerprint density at radius 2 is 1.76 bits per heavy atom. The molecule has 2 aromatic rings. The van der Waals surface area contributed by atoms with Crippen LogP contribution in [0, 0.1) is 0 Å². The maximum atomic E-state index is 5.70. The molecule has 1 aromatic heterocycles. The Bertz CT molecular complexity index is 433. The SMILES string of the molecule is ClCCCCc1cccn1Cc1ccccc1. The number of hydrogen-bond acceptors (Lipinski definition) is 0. The maximum absolute atomic E-state index is 5.70. The molecule has 0 aliphatic carbocycles. The van der Waals surface area contributed by atoms with Gasteiger partial charge in [-0.3, -0.25) is 0 Å². The molecule has 0 unspecified atom stereocenters. The first-order chi connectivity index (χ1) is 8.40. The van der Waals surface area contributed by atoms with Gasteiger partial charge in [-0.15, -0.1) is 11.6 Å². The molecule has 1 heterocycles. The Labute approximate surface area is 108 Å². The van der Waals surface area contributed by atoms with Crippen LogP contribution in [0.4, 0.5) is 0 Å². The normalized spacial score (nSPS) is 10.6. The molecule has 1 nitrogen and oxygen atoms in total. The highest BCUT2D eigenvalue weighted by Crippen LogP contribution is 2.10. The summed E-state index contributed by atoms with van der Waals surface area (Å²) in [6.45, 7) is 0.962. The van der Waals surface area contributed by atoms with E-state index in [1.165, 1.54) is 17.7 Å². The molecule has 0 atom stereocenters. The van der Waals surface area contributed by atoms with E-state index in [2.05, 4.69) is 53.2 Å². The van der Waals surface area contributed by atoms with E-state index in [4.69, 9.17) is 11.6 Å². The van der Waals surface area contributed by atoms with Crippen LogP contribution in [0.25, 0.3) is 0 Å². The number of aryl methyl sites for hydroxylation is 1. The summed E-state index contributed by atoms with van der Waals surface area (Å²) in [5.74, 6) is 0.763. The fourth-order valence-electron chi connectivity index (χ4n) is 2.01. The highest BCUT2D eigenvalue weighted by molar-refractivity contribution is 6.17. The number of benzene rings is 1. The molecule has 0 fully saturated rings. The molecule has 17 heavy (non-hydrogen) atoms. The second-order valence-electron chi connectivity index (χ2n) is 4.26. The van der Waals surface area contributed by atoms with Crippen molar-refractivity contribution >= 4 is 11.6 Å². The van der Waals surface area contributed by atoms with Gasteiger partial charge in [0.2, 0.25) is 0 Å². The number of rotatable bonds is 6. The molecule has 0 amide bonds. The van der Waals surface area contributed by atoms with E-state index in [-0.39, 0.29) is 0 Å². The maximum Gasteiger partial charge on any atom is 0.0472 e. The molecule has 0 saturated carbocycles. The molecule has 0 bridgehead atoms. The third-order valence-corrected chi connectivity index (χ3v) is 3.20. The van der Waals surface area contributed by atoms with Gasteiger partial charge in [0.05, 0.1) is 0 Å². The Morgan fingerprint density at radius 3 is 2.53 bits per heavy atom. The summed E-state index contributed by atoms with van der Waals surface area (Å²) in [7, 11) is 0. The second kappa shape index (κ2) is 6.51. The third-order valence-electron chi connectivity index (χ3n) is 2.94. The number of aromatic nitrogens is 1. The van der Waals surface area contributed by atoms with Gasteiger partial charge in [0, 0.05) is 24.3 Å². The summed E-state index contributed by atoms with van der Waals surface area (Å²) in [5, 5.41) is 0. The van der Waals surface area contributed by atoms with Crippen LogP contribution in [0.5, 0.6) is 0 Å². The van der Waals surface area contributed by atoms with Gasteiger partial charge in [-0.1, -0.05) is 30.3 Å². The predicted octanol–water partition coefficient (Wildman–Crippen LogP) is 4.10. The molecule has 0 aliphatic heterocycles. The summed E-state index contributed by atoms with van der Waals surface area (Å²) in [6, 6.07) is 14.9. The second-order valence-corrected chi connectivity index (χ2v) is 4.64. The Morgan fingerprint density at radius 1 is 0.941 bits per heavy atom. The van der Waals surface area contributed by atoms with E-state index in [1.54, 1.807) is 0 Å². The van der Waals surface area contributed by atoms with Crippen molar-refractivity contribution in [2.24, 2.45) is 0 Å². The lowest BCUT2D eigenvalue weighted by Crippen LogP contribution is -2.03. The lowest BCUT2D eigenvalue weighted by atomic mass is 10.2. The summed E-state index contributed by atoms with van der Waals surface area (Å²) < 4.78 is 2.32. The lowest BCUT2D eigenvalue weighted by Gasteiger charge is -2.09. The van der Waals surface area contributed by atoms with Crippen molar-refractivity contribution in [3.05, 3.63) is 59.9 Å². The van der Waals surface area contributed by atoms with Crippen LogP contribution in [0.3, 0.4) is 0 Å². The lowest BCUT2D eigenvalue weighted by molar-refractivity contribution is 0.699. The molecule has 2 rings (SSSR count). The number of nitrogens with zero attached hydrogens (tertiary/aromatic N) is 1. The van der Waals surface area contributed by atoms with Crippen molar-refractivity contribution in [1.82, 2.24) is 4.57 Å². The molecule has 2 heteroatoms. The van der Waals surface area contributed by atoms with Crippen molar-refractivity contribution in [2.75, 3.05) is 5.88 Å². The third kappa shape index (κ3) is 3.64. The van der Waals surface area contributed by atoms with E-state index in [9.17, 15) is 0 Å². The van der Waals surface area contributed by atoms with Gasteiger partial charge in [0.25, 0.3) is 0 Å². The zero-order chi connectivity index (χ0) is 11.9. The Kier molecular flexibility index (Phi) is 4.69. The molecular formula is C15H18ClN. The van der Waals surface area contributed by atoms with Gasteiger partial charge in [-0.25, -0.2) is 0 Å². The first-order valence-electron chi connectivity index (χ1n) is 6.14. The van der Waals surface area contributed by atoms with E-state index >= 15 is 0 Å². The molecule has 1 aromatic carbocycles. The van der Waals surface area contributed by atoms with E-state index in [0.29, 0.717) is 0 Å². The Balaban J connectivity index is 1.99. The minimum atomic E-state index is 0.763. The minimum absolute atomic E-state index is 0.763. The zero-order valence-corrected chi connectivity index (χ0v) is 10.7. The molecule has 0 aliphatic rings. The van der Waals surface area contributed by atoms with Crippen molar-refractivity contribution < 1.29 is 0 Å². The molecular weight excluding hydrogens is 230 g/mol. The first-order valence-corrected chi connectivity index (χ1v) is 6.67. The molecule has 0 N–H and O–H groups in total. The van der Waals surface area contributed by atoms with E-state index in [1.807, 2.05) is 0 Å². The van der Waals surface area contributed by atoms with Crippen LogP contribution in [0.1, 0.15) is 24.1 Å². The highest BCUT2D eigenvalue weighted by atomic mass is 35.5. The van der Waals surface area contributed by atoms with E-state index in [0.717, 1.165) is 25.3 Å². The van der Waals surface area contributed by atoms with Gasteiger partial charge in [0.1, 0.15) is 0 Å². The molecule has 90 valence electrons.